The number of hydrogen-bond acceptors (Lipinski definition) is 3. The molecule has 0 spiro atoms. The van der Waals surface area contributed by atoms with E-state index in [0.29, 0.717) is 28.6 Å². The van der Waals surface area contributed by atoms with Gasteiger partial charge in [-0.2, -0.15) is 0 Å². The number of benzene rings is 1. The molecular formula is C21H30F2N2O. The van der Waals surface area contributed by atoms with Crippen molar-refractivity contribution in [3.8, 4) is 0 Å². The van der Waals surface area contributed by atoms with Crippen LogP contribution in [0.2, 0.25) is 0 Å². The van der Waals surface area contributed by atoms with E-state index in [2.05, 4.69) is 17.2 Å². The lowest BCUT2D eigenvalue weighted by atomic mass is 9.92. The van der Waals surface area contributed by atoms with Crippen LogP contribution in [-0.4, -0.2) is 23.2 Å². The highest BCUT2D eigenvalue weighted by Gasteiger charge is 2.28. The lowest BCUT2D eigenvalue weighted by Gasteiger charge is -2.23. The van der Waals surface area contributed by atoms with Gasteiger partial charge in [-0.15, -0.1) is 0 Å². The summed E-state index contributed by atoms with van der Waals surface area (Å²) in [6.45, 7) is 9.01. The zero-order valence-electron chi connectivity index (χ0n) is 16.4. The molecule has 0 aliphatic carbocycles. The Kier molecular flexibility index (Phi) is 6.35. The third kappa shape index (κ3) is 4.77. The molecule has 144 valence electrons. The monoisotopic (exact) mass is 364 g/mol. The number of aliphatic hydroxyl groups is 1. The van der Waals surface area contributed by atoms with E-state index in [1.165, 1.54) is 27.7 Å². The zero-order chi connectivity index (χ0) is 19.5. The largest absolute Gasteiger partial charge is 0.387 e. The molecule has 0 bridgehead atoms. The highest BCUT2D eigenvalue weighted by molar-refractivity contribution is 5.86. The maximum Gasteiger partial charge on any atom is 0.147 e. The highest BCUT2D eigenvalue weighted by atomic mass is 19.1. The van der Waals surface area contributed by atoms with E-state index in [4.69, 9.17) is 0 Å². The van der Waals surface area contributed by atoms with Gasteiger partial charge in [-0.05, 0) is 52.3 Å². The van der Waals surface area contributed by atoms with Crippen LogP contribution < -0.4 is 5.32 Å². The second-order valence-corrected chi connectivity index (χ2v) is 7.82. The minimum atomic E-state index is -1.69. The normalized spacial score (nSPS) is 14.0. The van der Waals surface area contributed by atoms with Crippen molar-refractivity contribution in [2.75, 3.05) is 13.1 Å². The smallest absolute Gasteiger partial charge is 0.147 e. The molecular weight excluding hydrogens is 334 g/mol. The summed E-state index contributed by atoms with van der Waals surface area (Å²) < 4.78 is 29.3. The minimum absolute atomic E-state index is 0.198. The van der Waals surface area contributed by atoms with Gasteiger partial charge in [0.25, 0.3) is 0 Å². The van der Waals surface area contributed by atoms with Gasteiger partial charge in [0.1, 0.15) is 11.3 Å². The summed E-state index contributed by atoms with van der Waals surface area (Å²) in [4.78, 5) is 4.42. The van der Waals surface area contributed by atoms with Gasteiger partial charge in [0.2, 0.25) is 0 Å². The minimum Gasteiger partial charge on any atom is -0.387 e. The predicted octanol–water partition coefficient (Wildman–Crippen LogP) is 5.07. The molecule has 0 radical (unpaired) electrons. The second-order valence-electron chi connectivity index (χ2n) is 7.82. The molecule has 0 aliphatic rings. The number of pyridine rings is 1. The van der Waals surface area contributed by atoms with Gasteiger partial charge in [-0.1, -0.05) is 31.5 Å². The molecule has 0 fully saturated rings. The lowest BCUT2D eigenvalue weighted by molar-refractivity contribution is 0.174. The van der Waals surface area contributed by atoms with E-state index >= 15 is 0 Å². The highest BCUT2D eigenvalue weighted by Crippen LogP contribution is 2.36. The third-order valence-corrected chi connectivity index (χ3v) is 4.52. The molecule has 2 N–H and O–H groups in total. The lowest BCUT2D eigenvalue weighted by Crippen LogP contribution is -2.23. The number of unbranched alkanes of at least 4 members (excludes halogenated alkanes) is 1. The van der Waals surface area contributed by atoms with Gasteiger partial charge < -0.3 is 10.4 Å². The van der Waals surface area contributed by atoms with Gasteiger partial charge in [0.05, 0.1) is 17.3 Å². The number of hydrogen-bond donors (Lipinski definition) is 2. The van der Waals surface area contributed by atoms with Crippen molar-refractivity contribution in [3.63, 3.8) is 0 Å². The Morgan fingerprint density at radius 1 is 1.15 bits per heavy atom. The first-order valence-electron chi connectivity index (χ1n) is 9.27. The molecule has 1 unspecified atom stereocenters. The zero-order valence-corrected chi connectivity index (χ0v) is 16.4. The van der Waals surface area contributed by atoms with E-state index in [0.717, 1.165) is 19.4 Å². The maximum atomic E-state index is 14.7. The number of nitrogens with one attached hydrogen (secondary N) is 1. The van der Waals surface area contributed by atoms with Crippen LogP contribution in [0.5, 0.6) is 0 Å². The molecule has 5 heteroatoms. The number of nitrogens with zero attached hydrogens (tertiary/aromatic N) is 1. The number of alkyl halides is 2. The van der Waals surface area contributed by atoms with Crippen LogP contribution in [0.1, 0.15) is 70.4 Å². The van der Waals surface area contributed by atoms with Crippen molar-refractivity contribution in [2.24, 2.45) is 0 Å². The number of fused-ring (bicyclic) bond motifs is 1. The number of rotatable bonds is 8. The van der Waals surface area contributed by atoms with Crippen molar-refractivity contribution in [3.05, 3.63) is 41.1 Å². The molecule has 26 heavy (non-hydrogen) atoms. The van der Waals surface area contributed by atoms with Gasteiger partial charge in [0.15, 0.2) is 0 Å². The first-order valence-corrected chi connectivity index (χ1v) is 9.27. The molecule has 0 saturated carbocycles. The summed E-state index contributed by atoms with van der Waals surface area (Å²) in [5.41, 5.74) is -1.73. The Balaban J connectivity index is 2.57. The first kappa shape index (κ1) is 20.7. The second kappa shape index (κ2) is 7.97. The molecule has 0 aliphatic heterocycles. The Morgan fingerprint density at radius 2 is 1.85 bits per heavy atom. The van der Waals surface area contributed by atoms with Crippen LogP contribution >= 0.6 is 0 Å². The van der Waals surface area contributed by atoms with Crippen molar-refractivity contribution < 1.29 is 13.9 Å². The molecule has 1 aromatic carbocycles. The fraction of sp³-hybridized carbons (Fsp3) is 0.571. The topological polar surface area (TPSA) is 45.1 Å². The van der Waals surface area contributed by atoms with E-state index in [9.17, 15) is 13.9 Å². The first-order chi connectivity index (χ1) is 12.1. The molecule has 1 atom stereocenters. The Labute approximate surface area is 154 Å². The van der Waals surface area contributed by atoms with Crippen LogP contribution in [0.4, 0.5) is 8.78 Å². The van der Waals surface area contributed by atoms with Crippen molar-refractivity contribution >= 4 is 10.9 Å². The summed E-state index contributed by atoms with van der Waals surface area (Å²) in [5.74, 6) is 0. The van der Waals surface area contributed by atoms with Gasteiger partial charge in [-0.25, -0.2) is 13.8 Å². The number of aromatic nitrogens is 1. The Hall–Kier alpha value is -1.59. The third-order valence-electron chi connectivity index (χ3n) is 4.52. The van der Waals surface area contributed by atoms with E-state index in [1.54, 1.807) is 24.3 Å². The maximum absolute atomic E-state index is 14.7. The quantitative estimate of drug-likeness (QED) is 0.643. The summed E-state index contributed by atoms with van der Waals surface area (Å²) in [7, 11) is 0. The van der Waals surface area contributed by atoms with Crippen molar-refractivity contribution in [2.45, 2.75) is 64.9 Å². The molecule has 3 nitrogen and oxygen atoms in total. The summed E-state index contributed by atoms with van der Waals surface area (Å²) >= 11 is 0. The van der Waals surface area contributed by atoms with E-state index in [1.807, 2.05) is 0 Å². The molecule has 1 aromatic heterocycles. The summed E-state index contributed by atoms with van der Waals surface area (Å²) in [6, 6.07) is 6.82. The fourth-order valence-electron chi connectivity index (χ4n) is 2.99. The van der Waals surface area contributed by atoms with Crippen molar-refractivity contribution in [1.82, 2.24) is 10.3 Å². The van der Waals surface area contributed by atoms with Crippen LogP contribution in [0.3, 0.4) is 0 Å². The van der Waals surface area contributed by atoms with E-state index < -0.39 is 17.4 Å². The average molecular weight is 364 g/mol. The predicted molar refractivity (Wildman–Crippen MR) is 103 cm³/mol. The number of para-hydroxylation sites is 1. The summed E-state index contributed by atoms with van der Waals surface area (Å²) in [5, 5.41) is 14.6. The van der Waals surface area contributed by atoms with Gasteiger partial charge in [0, 0.05) is 17.5 Å². The standard InChI is InChI=1S/C21H30F2N2O/c1-6-7-11-24-13-17(26)15-12-18(21(4,5)23)25-19-14(15)9-8-10-16(19)20(2,3)22/h8-10,12,17,24,26H,6-7,11,13H2,1-5H3. The Morgan fingerprint density at radius 3 is 2.42 bits per heavy atom. The average Bonchev–Trinajstić information content (AvgIpc) is 2.55. The van der Waals surface area contributed by atoms with Crippen LogP contribution in [0.25, 0.3) is 10.9 Å². The van der Waals surface area contributed by atoms with Crippen LogP contribution in [-0.2, 0) is 11.3 Å². The fourth-order valence-corrected chi connectivity index (χ4v) is 2.99. The molecule has 2 aromatic rings. The molecule has 1 heterocycles. The van der Waals surface area contributed by atoms with Gasteiger partial charge in [-0.3, -0.25) is 0 Å². The van der Waals surface area contributed by atoms with Crippen LogP contribution in [0, 0.1) is 0 Å². The van der Waals surface area contributed by atoms with Gasteiger partial charge >= 0.3 is 0 Å². The molecule has 0 amide bonds. The summed E-state index contributed by atoms with van der Waals surface area (Å²) in [6.07, 6.45) is 1.26. The Bertz CT molecular complexity index is 748. The van der Waals surface area contributed by atoms with Crippen molar-refractivity contribution in [1.29, 1.82) is 0 Å². The SMILES string of the molecule is CCCCNCC(O)c1cc(C(C)(C)F)nc2c(C(C)(C)F)cccc12. The van der Waals surface area contributed by atoms with E-state index in [-0.39, 0.29) is 5.69 Å². The number of halogens is 2. The molecule has 0 saturated heterocycles. The number of aliphatic hydroxyl groups excluding tert-OH is 1. The molecule has 2 rings (SSSR count). The van der Waals surface area contributed by atoms with Crippen LogP contribution in [0.15, 0.2) is 24.3 Å².